The molecule has 1 heterocycles. The van der Waals surface area contributed by atoms with E-state index < -0.39 is 5.51 Å². The smallest absolute Gasteiger partial charge is 0.376 e. The van der Waals surface area contributed by atoms with Crippen molar-refractivity contribution in [3.63, 3.8) is 0 Å². The van der Waals surface area contributed by atoms with Crippen LogP contribution >= 0.6 is 11.8 Å². The van der Waals surface area contributed by atoms with Gasteiger partial charge < -0.3 is 10.1 Å². The predicted molar refractivity (Wildman–Crippen MR) is 79.4 cm³/mol. The average Bonchev–Trinajstić information content (AvgIpc) is 2.96. The molecule has 1 saturated heterocycles. The van der Waals surface area contributed by atoms with Gasteiger partial charge in [0.2, 0.25) is 5.91 Å². The van der Waals surface area contributed by atoms with Gasteiger partial charge in [0.25, 0.3) is 0 Å². The van der Waals surface area contributed by atoms with Crippen molar-refractivity contribution in [1.82, 2.24) is 5.32 Å². The quantitative estimate of drug-likeness (QED) is 0.662. The van der Waals surface area contributed by atoms with Crippen molar-refractivity contribution in [3.8, 4) is 0 Å². The van der Waals surface area contributed by atoms with Crippen molar-refractivity contribution in [2.75, 3.05) is 13.2 Å². The van der Waals surface area contributed by atoms with Crippen LogP contribution in [0.3, 0.4) is 0 Å². The van der Waals surface area contributed by atoms with Crippen LogP contribution in [0.5, 0.6) is 0 Å². The molecule has 7 heteroatoms. The van der Waals surface area contributed by atoms with Crippen molar-refractivity contribution >= 4 is 23.7 Å². The van der Waals surface area contributed by atoms with Crippen LogP contribution in [-0.4, -0.2) is 30.7 Å². The van der Waals surface area contributed by atoms with Gasteiger partial charge in [-0.3, -0.25) is 4.79 Å². The van der Waals surface area contributed by atoms with E-state index >= 15 is 0 Å². The second kappa shape index (κ2) is 7.69. The zero-order chi connectivity index (χ0) is 16.0. The van der Waals surface area contributed by atoms with E-state index in [9.17, 15) is 18.0 Å². The largest absolute Gasteiger partial charge is 0.446 e. The minimum absolute atomic E-state index is 0.0797. The van der Waals surface area contributed by atoms with Gasteiger partial charge in [0.15, 0.2) is 0 Å². The van der Waals surface area contributed by atoms with Crippen molar-refractivity contribution < 1.29 is 22.7 Å². The summed E-state index contributed by atoms with van der Waals surface area (Å²) in [6, 6.07) is 5.83. The lowest BCUT2D eigenvalue weighted by Crippen LogP contribution is -2.30. The first kappa shape index (κ1) is 16.9. The maximum Gasteiger partial charge on any atom is 0.446 e. The lowest BCUT2D eigenvalue weighted by atomic mass is 10.2. The molecule has 0 spiro atoms. The Labute approximate surface area is 130 Å². The predicted octanol–water partition coefficient (Wildman–Crippen LogP) is 3.61. The zero-order valence-electron chi connectivity index (χ0n) is 11.7. The van der Waals surface area contributed by atoms with Gasteiger partial charge >= 0.3 is 5.51 Å². The molecular formula is C15H16F3NO2S. The third-order valence-corrected chi connectivity index (χ3v) is 3.81. The summed E-state index contributed by atoms with van der Waals surface area (Å²) in [6.07, 6.45) is 4.96. The fourth-order valence-electron chi connectivity index (χ4n) is 2.03. The van der Waals surface area contributed by atoms with Crippen LogP contribution in [0.4, 0.5) is 13.2 Å². The molecule has 1 amide bonds. The molecule has 1 aliphatic rings. The molecule has 1 aromatic rings. The van der Waals surface area contributed by atoms with Crippen LogP contribution in [0.15, 0.2) is 35.2 Å². The van der Waals surface area contributed by atoms with Crippen LogP contribution in [0.2, 0.25) is 0 Å². The lowest BCUT2D eigenvalue weighted by molar-refractivity contribution is -0.116. The summed E-state index contributed by atoms with van der Waals surface area (Å²) in [5, 5.41) is 2.73. The van der Waals surface area contributed by atoms with Gasteiger partial charge in [0, 0.05) is 24.1 Å². The third kappa shape index (κ3) is 6.11. The first-order chi connectivity index (χ1) is 10.4. The Balaban J connectivity index is 1.80. The summed E-state index contributed by atoms with van der Waals surface area (Å²) in [5.74, 6) is -0.246. The highest BCUT2D eigenvalue weighted by Crippen LogP contribution is 2.36. The number of amides is 1. The summed E-state index contributed by atoms with van der Waals surface area (Å²) in [6.45, 7) is 1.21. The SMILES string of the molecule is O=C(/C=C/c1ccc(SC(F)(F)F)cc1)NC[C@@H]1CCCO1. The maximum absolute atomic E-state index is 12.2. The van der Waals surface area contributed by atoms with Crippen LogP contribution in [0.25, 0.3) is 6.08 Å². The number of hydrogen-bond acceptors (Lipinski definition) is 3. The number of rotatable bonds is 5. The number of carbonyl (C=O) groups excluding carboxylic acids is 1. The molecule has 0 radical (unpaired) electrons. The van der Waals surface area contributed by atoms with Crippen LogP contribution in [0.1, 0.15) is 18.4 Å². The molecule has 1 aromatic carbocycles. The second-order valence-electron chi connectivity index (χ2n) is 4.83. The van der Waals surface area contributed by atoms with Crippen LogP contribution in [-0.2, 0) is 9.53 Å². The van der Waals surface area contributed by atoms with E-state index in [2.05, 4.69) is 5.32 Å². The highest BCUT2D eigenvalue weighted by atomic mass is 32.2. The van der Waals surface area contributed by atoms with E-state index in [1.54, 1.807) is 6.08 Å². The third-order valence-electron chi connectivity index (χ3n) is 3.07. The van der Waals surface area contributed by atoms with Gasteiger partial charge in [0.1, 0.15) is 0 Å². The van der Waals surface area contributed by atoms with Gasteiger partial charge in [-0.25, -0.2) is 0 Å². The van der Waals surface area contributed by atoms with Crippen molar-refractivity contribution in [1.29, 1.82) is 0 Å². The second-order valence-corrected chi connectivity index (χ2v) is 5.97. The Bertz CT molecular complexity index is 523. The van der Waals surface area contributed by atoms with E-state index in [4.69, 9.17) is 4.74 Å². The lowest BCUT2D eigenvalue weighted by Gasteiger charge is -2.08. The number of thioether (sulfide) groups is 1. The molecule has 0 bridgehead atoms. The van der Waals surface area contributed by atoms with Gasteiger partial charge in [0.05, 0.1) is 6.10 Å². The molecular weight excluding hydrogens is 315 g/mol. The normalized spacial score (nSPS) is 18.8. The summed E-state index contributed by atoms with van der Waals surface area (Å²) >= 11 is -0.161. The Morgan fingerprint density at radius 1 is 1.36 bits per heavy atom. The summed E-state index contributed by atoms with van der Waals surface area (Å²) in [7, 11) is 0. The van der Waals surface area contributed by atoms with E-state index in [0.29, 0.717) is 12.1 Å². The molecule has 0 unspecified atom stereocenters. The Morgan fingerprint density at radius 2 is 2.09 bits per heavy atom. The molecule has 2 rings (SSSR count). The highest BCUT2D eigenvalue weighted by Gasteiger charge is 2.28. The van der Waals surface area contributed by atoms with E-state index in [1.807, 2.05) is 0 Å². The number of carbonyl (C=O) groups is 1. The highest BCUT2D eigenvalue weighted by molar-refractivity contribution is 8.00. The number of hydrogen-bond donors (Lipinski definition) is 1. The van der Waals surface area contributed by atoms with Gasteiger partial charge in [-0.2, -0.15) is 13.2 Å². The Kier molecular flexibility index (Phi) is 5.90. The topological polar surface area (TPSA) is 38.3 Å². The number of alkyl halides is 3. The average molecular weight is 331 g/mol. The molecule has 0 aliphatic carbocycles. The Morgan fingerprint density at radius 3 is 2.68 bits per heavy atom. The molecule has 1 fully saturated rings. The minimum atomic E-state index is -4.29. The van der Waals surface area contributed by atoms with Crippen molar-refractivity contribution in [2.24, 2.45) is 0 Å². The molecule has 22 heavy (non-hydrogen) atoms. The fourth-order valence-corrected chi connectivity index (χ4v) is 2.57. The van der Waals surface area contributed by atoms with Gasteiger partial charge in [-0.15, -0.1) is 0 Å². The summed E-state index contributed by atoms with van der Waals surface area (Å²) < 4.78 is 42.0. The Hall–Kier alpha value is -1.47. The number of benzene rings is 1. The van der Waals surface area contributed by atoms with Crippen LogP contribution in [0, 0.1) is 0 Å². The minimum Gasteiger partial charge on any atom is -0.376 e. The molecule has 1 aliphatic heterocycles. The molecule has 120 valence electrons. The molecule has 1 N–H and O–H groups in total. The molecule has 3 nitrogen and oxygen atoms in total. The van der Waals surface area contributed by atoms with E-state index in [1.165, 1.54) is 30.3 Å². The zero-order valence-corrected chi connectivity index (χ0v) is 12.5. The van der Waals surface area contributed by atoms with Crippen molar-refractivity contribution in [2.45, 2.75) is 29.3 Å². The molecule has 0 saturated carbocycles. The first-order valence-corrected chi connectivity index (χ1v) is 7.67. The van der Waals surface area contributed by atoms with Gasteiger partial charge in [-0.1, -0.05) is 12.1 Å². The maximum atomic E-state index is 12.2. The van der Waals surface area contributed by atoms with Gasteiger partial charge in [-0.05, 0) is 48.4 Å². The number of nitrogens with one attached hydrogen (secondary N) is 1. The van der Waals surface area contributed by atoms with E-state index in [0.717, 1.165) is 19.4 Å². The fraction of sp³-hybridized carbons (Fsp3) is 0.400. The molecule has 0 aromatic heterocycles. The summed E-state index contributed by atoms with van der Waals surface area (Å²) in [5.41, 5.74) is -3.63. The van der Waals surface area contributed by atoms with Crippen molar-refractivity contribution in [3.05, 3.63) is 35.9 Å². The summed E-state index contributed by atoms with van der Waals surface area (Å²) in [4.78, 5) is 11.7. The van der Waals surface area contributed by atoms with Crippen LogP contribution < -0.4 is 5.32 Å². The number of ether oxygens (including phenoxy) is 1. The number of halogens is 3. The first-order valence-electron chi connectivity index (χ1n) is 6.86. The standard InChI is InChI=1S/C15H16F3NO2S/c16-15(17,18)22-13-6-3-11(4-7-13)5-8-14(20)19-10-12-2-1-9-21-12/h3-8,12H,1-2,9-10H2,(H,19,20)/b8-5+/t12-/m0/s1. The monoisotopic (exact) mass is 331 g/mol. The molecule has 1 atom stereocenters. The van der Waals surface area contributed by atoms with E-state index in [-0.39, 0.29) is 28.7 Å².